The summed E-state index contributed by atoms with van der Waals surface area (Å²) in [4.78, 5) is 10.9. The molecule has 0 atom stereocenters. The molecule has 0 radical (unpaired) electrons. The summed E-state index contributed by atoms with van der Waals surface area (Å²) in [6.07, 6.45) is 4.06. The zero-order valence-electron chi connectivity index (χ0n) is 11.9. The minimum absolute atomic E-state index is 0.317. The number of hydrogen-bond donors (Lipinski definition) is 1. The Morgan fingerprint density at radius 1 is 1.24 bits per heavy atom. The maximum Gasteiger partial charge on any atom is 0.157 e. The van der Waals surface area contributed by atoms with Crippen LogP contribution in [-0.2, 0) is 12.0 Å². The molecule has 1 aromatic carbocycles. The molecule has 0 saturated heterocycles. The van der Waals surface area contributed by atoms with Crippen molar-refractivity contribution in [3.8, 4) is 0 Å². The number of fused-ring (bicyclic) bond motifs is 2. The lowest BCUT2D eigenvalue weighted by atomic mass is 9.87. The average Bonchev–Trinajstić information content (AvgIpc) is 3.27. The summed E-state index contributed by atoms with van der Waals surface area (Å²) in [6, 6.07) is 8.77. The SMILES string of the molecule is CNc1c(Cl)ncnc1N1Cc2ccccc2C2(CC2)C1. The van der Waals surface area contributed by atoms with E-state index in [-0.39, 0.29) is 0 Å². The van der Waals surface area contributed by atoms with Gasteiger partial charge in [0.25, 0.3) is 0 Å². The third-order valence-electron chi connectivity index (χ3n) is 4.63. The Kier molecular flexibility index (Phi) is 2.82. The second kappa shape index (κ2) is 4.60. The summed E-state index contributed by atoms with van der Waals surface area (Å²) in [5, 5.41) is 3.61. The monoisotopic (exact) mass is 300 g/mol. The van der Waals surface area contributed by atoms with Crippen LogP contribution in [-0.4, -0.2) is 23.6 Å². The zero-order chi connectivity index (χ0) is 14.4. The smallest absolute Gasteiger partial charge is 0.157 e. The fourth-order valence-corrected chi connectivity index (χ4v) is 3.65. The number of anilines is 2. The molecule has 1 aliphatic heterocycles. The van der Waals surface area contributed by atoms with Gasteiger partial charge in [-0.1, -0.05) is 35.9 Å². The third kappa shape index (κ3) is 1.97. The fourth-order valence-electron chi connectivity index (χ4n) is 3.43. The summed E-state index contributed by atoms with van der Waals surface area (Å²) >= 11 is 6.20. The number of nitrogens with one attached hydrogen (secondary N) is 1. The molecule has 1 spiro atoms. The predicted octanol–water partition coefficient (Wildman–Crippen LogP) is 3.22. The largest absolute Gasteiger partial charge is 0.383 e. The van der Waals surface area contributed by atoms with Gasteiger partial charge >= 0.3 is 0 Å². The van der Waals surface area contributed by atoms with E-state index < -0.39 is 0 Å². The first kappa shape index (κ1) is 12.9. The molecule has 0 unspecified atom stereocenters. The molecular weight excluding hydrogens is 284 g/mol. The van der Waals surface area contributed by atoms with Crippen molar-refractivity contribution in [1.82, 2.24) is 9.97 Å². The van der Waals surface area contributed by atoms with Crippen molar-refractivity contribution in [1.29, 1.82) is 0 Å². The lowest BCUT2D eigenvalue weighted by molar-refractivity contribution is 0.588. The number of hydrogen-bond acceptors (Lipinski definition) is 4. The van der Waals surface area contributed by atoms with E-state index in [1.54, 1.807) is 6.33 Å². The molecule has 1 aliphatic carbocycles. The van der Waals surface area contributed by atoms with Crippen LogP contribution >= 0.6 is 11.6 Å². The van der Waals surface area contributed by atoms with Crippen LogP contribution in [0.3, 0.4) is 0 Å². The highest BCUT2D eigenvalue weighted by Gasteiger charge is 2.49. The van der Waals surface area contributed by atoms with Gasteiger partial charge in [0, 0.05) is 25.6 Å². The average molecular weight is 301 g/mol. The Morgan fingerprint density at radius 3 is 2.81 bits per heavy atom. The molecule has 1 aromatic heterocycles. The van der Waals surface area contributed by atoms with E-state index in [0.29, 0.717) is 10.6 Å². The molecule has 4 rings (SSSR count). The quantitative estimate of drug-likeness (QED) is 0.865. The first-order chi connectivity index (χ1) is 10.2. The van der Waals surface area contributed by atoms with Crippen molar-refractivity contribution in [2.75, 3.05) is 23.8 Å². The minimum atomic E-state index is 0.317. The van der Waals surface area contributed by atoms with Gasteiger partial charge in [0.2, 0.25) is 0 Å². The Bertz CT molecular complexity index is 696. The molecule has 5 heteroatoms. The summed E-state index contributed by atoms with van der Waals surface area (Å²) in [5.41, 5.74) is 4.05. The Hall–Kier alpha value is -1.81. The second-order valence-electron chi connectivity index (χ2n) is 5.91. The van der Waals surface area contributed by atoms with Gasteiger partial charge in [-0.05, 0) is 24.0 Å². The number of aromatic nitrogens is 2. The topological polar surface area (TPSA) is 41.1 Å². The highest BCUT2D eigenvalue weighted by Crippen LogP contribution is 2.53. The fraction of sp³-hybridized carbons (Fsp3) is 0.375. The third-order valence-corrected chi connectivity index (χ3v) is 4.91. The predicted molar refractivity (Wildman–Crippen MR) is 85.0 cm³/mol. The minimum Gasteiger partial charge on any atom is -0.383 e. The molecule has 108 valence electrons. The summed E-state index contributed by atoms with van der Waals surface area (Å²) in [7, 11) is 1.86. The maximum absolute atomic E-state index is 6.20. The van der Waals surface area contributed by atoms with Gasteiger partial charge in [0.15, 0.2) is 11.0 Å². The zero-order valence-corrected chi connectivity index (χ0v) is 12.7. The van der Waals surface area contributed by atoms with Crippen LogP contribution in [0.15, 0.2) is 30.6 Å². The van der Waals surface area contributed by atoms with E-state index in [2.05, 4.69) is 44.5 Å². The van der Waals surface area contributed by atoms with Crippen LogP contribution in [0.4, 0.5) is 11.5 Å². The van der Waals surface area contributed by atoms with E-state index in [0.717, 1.165) is 24.6 Å². The molecule has 0 amide bonds. The van der Waals surface area contributed by atoms with Gasteiger partial charge in [-0.3, -0.25) is 0 Å². The lowest BCUT2D eigenvalue weighted by Crippen LogP contribution is -2.38. The highest BCUT2D eigenvalue weighted by molar-refractivity contribution is 6.32. The van der Waals surface area contributed by atoms with Crippen molar-refractivity contribution in [2.45, 2.75) is 24.8 Å². The van der Waals surface area contributed by atoms with Gasteiger partial charge in [0.1, 0.15) is 12.0 Å². The number of rotatable bonds is 2. The maximum atomic E-state index is 6.20. The van der Waals surface area contributed by atoms with Crippen molar-refractivity contribution in [3.63, 3.8) is 0 Å². The van der Waals surface area contributed by atoms with E-state index >= 15 is 0 Å². The van der Waals surface area contributed by atoms with Gasteiger partial charge in [-0.15, -0.1) is 0 Å². The Labute approximate surface area is 129 Å². The molecule has 2 heterocycles. The van der Waals surface area contributed by atoms with Crippen LogP contribution in [0, 0.1) is 0 Å². The van der Waals surface area contributed by atoms with Crippen molar-refractivity contribution in [3.05, 3.63) is 46.9 Å². The molecule has 1 saturated carbocycles. The van der Waals surface area contributed by atoms with Crippen LogP contribution in [0.2, 0.25) is 5.15 Å². The van der Waals surface area contributed by atoms with Crippen LogP contribution in [0.25, 0.3) is 0 Å². The normalized spacial score (nSPS) is 18.5. The molecule has 2 aromatic rings. The van der Waals surface area contributed by atoms with Crippen LogP contribution in [0.5, 0.6) is 0 Å². The van der Waals surface area contributed by atoms with Gasteiger partial charge in [-0.25, -0.2) is 9.97 Å². The van der Waals surface area contributed by atoms with E-state index in [1.807, 2.05) is 7.05 Å². The van der Waals surface area contributed by atoms with Gasteiger partial charge < -0.3 is 10.2 Å². The van der Waals surface area contributed by atoms with Gasteiger partial charge in [-0.2, -0.15) is 0 Å². The summed E-state index contributed by atoms with van der Waals surface area (Å²) in [5.74, 6) is 0.901. The molecule has 0 bridgehead atoms. The molecule has 2 aliphatic rings. The first-order valence-electron chi connectivity index (χ1n) is 7.25. The Balaban J connectivity index is 1.78. The van der Waals surface area contributed by atoms with Crippen molar-refractivity contribution in [2.24, 2.45) is 0 Å². The summed E-state index contributed by atoms with van der Waals surface area (Å²) < 4.78 is 0. The number of benzene rings is 1. The van der Waals surface area contributed by atoms with Gasteiger partial charge in [0.05, 0.1) is 0 Å². The van der Waals surface area contributed by atoms with Crippen LogP contribution in [0.1, 0.15) is 24.0 Å². The van der Waals surface area contributed by atoms with E-state index in [9.17, 15) is 0 Å². The first-order valence-corrected chi connectivity index (χ1v) is 7.63. The number of nitrogens with zero attached hydrogens (tertiary/aromatic N) is 3. The van der Waals surface area contributed by atoms with Crippen molar-refractivity contribution >= 4 is 23.1 Å². The molecule has 1 N–H and O–H groups in total. The van der Waals surface area contributed by atoms with Crippen LogP contribution < -0.4 is 10.2 Å². The van der Waals surface area contributed by atoms with E-state index in [1.165, 1.54) is 24.0 Å². The van der Waals surface area contributed by atoms with Crippen molar-refractivity contribution < 1.29 is 0 Å². The number of halogens is 1. The Morgan fingerprint density at radius 2 is 2.05 bits per heavy atom. The molecule has 21 heavy (non-hydrogen) atoms. The summed E-state index contributed by atoms with van der Waals surface area (Å²) in [6.45, 7) is 1.88. The lowest BCUT2D eigenvalue weighted by Gasteiger charge is -2.36. The standard InChI is InChI=1S/C16H17ClN4/c1-18-13-14(17)19-10-20-15(13)21-8-11-4-2-3-5-12(11)16(9-21)6-7-16/h2-5,10,18H,6-9H2,1H3. The molecule has 1 fully saturated rings. The second-order valence-corrected chi connectivity index (χ2v) is 6.26. The molecule has 4 nitrogen and oxygen atoms in total. The highest BCUT2D eigenvalue weighted by atomic mass is 35.5. The molecular formula is C16H17ClN4. The van der Waals surface area contributed by atoms with E-state index in [4.69, 9.17) is 11.6 Å².